The van der Waals surface area contributed by atoms with Gasteiger partial charge in [-0.3, -0.25) is 0 Å². The van der Waals surface area contributed by atoms with Crippen LogP contribution in [0.2, 0.25) is 0 Å². The second-order valence-electron chi connectivity index (χ2n) is 5.50. The van der Waals surface area contributed by atoms with Crippen molar-refractivity contribution in [1.29, 1.82) is 0 Å². The third-order valence-electron chi connectivity index (χ3n) is 3.98. The van der Waals surface area contributed by atoms with E-state index in [-0.39, 0.29) is 10.9 Å². The van der Waals surface area contributed by atoms with Gasteiger partial charge in [0.05, 0.1) is 7.11 Å². The second-order valence-corrected chi connectivity index (χ2v) is 7.36. The van der Waals surface area contributed by atoms with Gasteiger partial charge in [-0.05, 0) is 50.4 Å². The smallest absolute Gasteiger partial charge is 0.247 e. The Bertz CT molecular complexity index is 585. The number of benzene rings is 1. The highest BCUT2D eigenvalue weighted by Gasteiger charge is 2.34. The van der Waals surface area contributed by atoms with E-state index < -0.39 is 10.0 Å². The molecule has 1 atom stereocenters. The van der Waals surface area contributed by atoms with Crippen molar-refractivity contribution in [3.8, 4) is 5.75 Å². The van der Waals surface area contributed by atoms with E-state index in [0.717, 1.165) is 24.8 Å². The second kappa shape index (κ2) is 6.77. The van der Waals surface area contributed by atoms with Gasteiger partial charge in [-0.25, -0.2) is 8.42 Å². The van der Waals surface area contributed by atoms with Gasteiger partial charge in [0.15, 0.2) is 0 Å². The number of hydrogen-bond acceptors (Lipinski definition) is 4. The van der Waals surface area contributed by atoms with Crippen LogP contribution in [0.1, 0.15) is 31.2 Å². The van der Waals surface area contributed by atoms with E-state index >= 15 is 0 Å². The molecule has 0 amide bonds. The predicted molar refractivity (Wildman–Crippen MR) is 82.9 cm³/mol. The van der Waals surface area contributed by atoms with Crippen LogP contribution in [0.25, 0.3) is 0 Å². The van der Waals surface area contributed by atoms with Gasteiger partial charge in [0.1, 0.15) is 10.6 Å². The summed E-state index contributed by atoms with van der Waals surface area (Å²) in [4.78, 5) is 0.258. The highest BCUT2D eigenvalue weighted by Crippen LogP contribution is 2.32. The molecule has 2 N–H and O–H groups in total. The Morgan fingerprint density at radius 3 is 2.81 bits per heavy atom. The van der Waals surface area contributed by atoms with Crippen molar-refractivity contribution in [3.05, 3.63) is 23.8 Å². The van der Waals surface area contributed by atoms with Gasteiger partial charge < -0.3 is 10.5 Å². The van der Waals surface area contributed by atoms with Gasteiger partial charge in [0.2, 0.25) is 10.0 Å². The molecule has 1 unspecified atom stereocenters. The minimum Gasteiger partial charge on any atom is -0.495 e. The molecule has 0 saturated carbocycles. The Morgan fingerprint density at radius 2 is 2.14 bits per heavy atom. The first-order valence-electron chi connectivity index (χ1n) is 7.37. The molecule has 21 heavy (non-hydrogen) atoms. The Morgan fingerprint density at radius 1 is 1.38 bits per heavy atom. The fourth-order valence-electron chi connectivity index (χ4n) is 2.88. The Kier molecular flexibility index (Phi) is 5.24. The Balaban J connectivity index is 2.42. The van der Waals surface area contributed by atoms with E-state index in [1.165, 1.54) is 7.11 Å². The molecule has 0 radical (unpaired) electrons. The number of hydrogen-bond donors (Lipinski definition) is 1. The number of piperidine rings is 1. The molecule has 5 nitrogen and oxygen atoms in total. The molecule has 1 aliphatic heterocycles. The van der Waals surface area contributed by atoms with E-state index in [1.54, 1.807) is 16.4 Å². The van der Waals surface area contributed by atoms with Gasteiger partial charge in [-0.15, -0.1) is 0 Å². The van der Waals surface area contributed by atoms with Crippen LogP contribution in [0, 0.1) is 6.92 Å². The molecule has 1 aromatic rings. The van der Waals surface area contributed by atoms with Crippen molar-refractivity contribution in [3.63, 3.8) is 0 Å². The van der Waals surface area contributed by atoms with Crippen molar-refractivity contribution in [2.75, 3.05) is 20.2 Å². The van der Waals surface area contributed by atoms with Crippen LogP contribution in [0.4, 0.5) is 0 Å². The van der Waals surface area contributed by atoms with Crippen LogP contribution >= 0.6 is 0 Å². The number of sulfonamides is 1. The molecule has 0 bridgehead atoms. The number of rotatable bonds is 5. The molecular formula is C15H24N2O3S. The maximum atomic E-state index is 13.0. The first kappa shape index (κ1) is 16.3. The summed E-state index contributed by atoms with van der Waals surface area (Å²) in [7, 11) is -2.05. The number of nitrogens with zero attached hydrogens (tertiary/aromatic N) is 1. The molecule has 118 valence electrons. The lowest BCUT2D eigenvalue weighted by Gasteiger charge is -2.34. The highest BCUT2D eigenvalue weighted by molar-refractivity contribution is 7.89. The summed E-state index contributed by atoms with van der Waals surface area (Å²) in [5.74, 6) is 0.401. The van der Waals surface area contributed by atoms with Crippen molar-refractivity contribution in [2.45, 2.75) is 43.5 Å². The van der Waals surface area contributed by atoms with Crippen molar-refractivity contribution in [1.82, 2.24) is 4.31 Å². The van der Waals surface area contributed by atoms with E-state index in [1.807, 2.05) is 13.0 Å². The largest absolute Gasteiger partial charge is 0.495 e. The summed E-state index contributed by atoms with van der Waals surface area (Å²) in [5, 5.41) is 0. The summed E-state index contributed by atoms with van der Waals surface area (Å²) < 4.78 is 32.9. The van der Waals surface area contributed by atoms with Crippen LogP contribution < -0.4 is 10.5 Å². The third-order valence-corrected chi connectivity index (χ3v) is 5.95. The fraction of sp³-hybridized carbons (Fsp3) is 0.600. The van der Waals surface area contributed by atoms with Crippen molar-refractivity contribution < 1.29 is 13.2 Å². The van der Waals surface area contributed by atoms with Crippen LogP contribution in [-0.2, 0) is 10.0 Å². The lowest BCUT2D eigenvalue weighted by atomic mass is 10.0. The number of aryl methyl sites for hydroxylation is 1. The van der Waals surface area contributed by atoms with Crippen LogP contribution in [0.5, 0.6) is 5.75 Å². The van der Waals surface area contributed by atoms with Crippen LogP contribution in [0.3, 0.4) is 0 Å². The lowest BCUT2D eigenvalue weighted by molar-refractivity contribution is 0.242. The maximum absolute atomic E-state index is 13.0. The van der Waals surface area contributed by atoms with Gasteiger partial charge >= 0.3 is 0 Å². The Labute approximate surface area is 127 Å². The molecule has 1 fully saturated rings. The summed E-state index contributed by atoms with van der Waals surface area (Å²) in [6, 6.07) is 5.25. The van der Waals surface area contributed by atoms with Gasteiger partial charge in [-0.2, -0.15) is 4.31 Å². The molecule has 1 aromatic carbocycles. The summed E-state index contributed by atoms with van der Waals surface area (Å²) >= 11 is 0. The van der Waals surface area contributed by atoms with Gasteiger partial charge in [0.25, 0.3) is 0 Å². The number of ether oxygens (including phenoxy) is 1. The molecule has 0 aliphatic carbocycles. The average Bonchev–Trinajstić information content (AvgIpc) is 2.48. The zero-order valence-electron chi connectivity index (χ0n) is 12.7. The van der Waals surface area contributed by atoms with Crippen LogP contribution in [-0.4, -0.2) is 39.0 Å². The monoisotopic (exact) mass is 312 g/mol. The molecule has 1 aliphatic rings. The van der Waals surface area contributed by atoms with Crippen LogP contribution in [0.15, 0.2) is 23.1 Å². The molecule has 1 heterocycles. The van der Waals surface area contributed by atoms with E-state index in [0.29, 0.717) is 25.3 Å². The molecule has 0 aromatic heterocycles. The zero-order chi connectivity index (χ0) is 15.5. The minimum absolute atomic E-state index is 0.000955. The normalized spacial score (nSPS) is 20.4. The summed E-state index contributed by atoms with van der Waals surface area (Å²) in [5.41, 5.74) is 6.54. The molecule has 1 saturated heterocycles. The zero-order valence-corrected chi connectivity index (χ0v) is 13.5. The number of nitrogens with two attached hydrogens (primary N) is 1. The molecule has 6 heteroatoms. The van der Waals surface area contributed by atoms with E-state index in [2.05, 4.69) is 0 Å². The SMILES string of the molecule is COc1ccc(C)cc1S(=O)(=O)N1CCCCC1CCN. The topological polar surface area (TPSA) is 72.6 Å². The van der Waals surface area contributed by atoms with E-state index in [9.17, 15) is 8.42 Å². The van der Waals surface area contributed by atoms with E-state index in [4.69, 9.17) is 10.5 Å². The number of methoxy groups -OCH3 is 1. The summed E-state index contributed by atoms with van der Waals surface area (Å²) in [6.07, 6.45) is 3.54. The third kappa shape index (κ3) is 3.39. The average molecular weight is 312 g/mol. The van der Waals surface area contributed by atoms with Gasteiger partial charge in [0, 0.05) is 12.6 Å². The quantitative estimate of drug-likeness (QED) is 0.901. The fourth-order valence-corrected chi connectivity index (χ4v) is 4.85. The molecular weight excluding hydrogens is 288 g/mol. The van der Waals surface area contributed by atoms with Crippen molar-refractivity contribution in [2.24, 2.45) is 5.73 Å². The first-order valence-corrected chi connectivity index (χ1v) is 8.81. The Hall–Kier alpha value is -1.11. The maximum Gasteiger partial charge on any atom is 0.247 e. The van der Waals surface area contributed by atoms with Gasteiger partial charge in [-0.1, -0.05) is 12.5 Å². The lowest BCUT2D eigenvalue weighted by Crippen LogP contribution is -2.44. The minimum atomic E-state index is -3.55. The molecule has 2 rings (SSSR count). The first-order chi connectivity index (χ1) is 10.0. The summed E-state index contributed by atoms with van der Waals surface area (Å²) in [6.45, 7) is 2.94. The highest BCUT2D eigenvalue weighted by atomic mass is 32.2. The molecule has 0 spiro atoms. The standard InChI is InChI=1S/C15H24N2O3S/c1-12-6-7-14(20-2)15(11-12)21(18,19)17-10-4-3-5-13(17)8-9-16/h6-7,11,13H,3-5,8-10,16H2,1-2H3. The predicted octanol–water partition coefficient (Wildman–Crippen LogP) is 1.90. The van der Waals surface area contributed by atoms with Crippen molar-refractivity contribution >= 4 is 10.0 Å².